The molecular formula is C16H21NO. The standard InChI is InChI=1S/C16H21NO/c18-14(9-12-5-1-2-6-12)10-13-11-17-16-8-4-3-7-15(13)16/h3-4,7-8,12-13,17H,1-2,5-6,9-11H2. The van der Waals surface area contributed by atoms with E-state index in [4.69, 9.17) is 0 Å². The Labute approximate surface area is 109 Å². The fourth-order valence-corrected chi connectivity index (χ4v) is 3.43. The van der Waals surface area contributed by atoms with Gasteiger partial charge in [0.2, 0.25) is 0 Å². The van der Waals surface area contributed by atoms with Crippen LogP contribution < -0.4 is 5.32 Å². The average molecular weight is 243 g/mol. The quantitative estimate of drug-likeness (QED) is 0.873. The van der Waals surface area contributed by atoms with Gasteiger partial charge in [-0.2, -0.15) is 0 Å². The van der Waals surface area contributed by atoms with Gasteiger partial charge in [-0.25, -0.2) is 0 Å². The van der Waals surface area contributed by atoms with Crippen molar-refractivity contribution in [3.8, 4) is 0 Å². The van der Waals surface area contributed by atoms with Gasteiger partial charge in [0.1, 0.15) is 5.78 Å². The third-order valence-electron chi connectivity index (χ3n) is 4.40. The summed E-state index contributed by atoms with van der Waals surface area (Å²) in [5.74, 6) is 1.54. The lowest BCUT2D eigenvalue weighted by Gasteiger charge is -2.12. The second-order valence-electron chi connectivity index (χ2n) is 5.76. The highest BCUT2D eigenvalue weighted by atomic mass is 16.1. The molecule has 0 radical (unpaired) electrons. The summed E-state index contributed by atoms with van der Waals surface area (Å²) < 4.78 is 0. The molecular weight excluding hydrogens is 222 g/mol. The number of Topliss-reactive ketones (excluding diaryl/α,β-unsaturated/α-hetero) is 1. The molecule has 2 heteroatoms. The van der Waals surface area contributed by atoms with Gasteiger partial charge in [-0.1, -0.05) is 43.9 Å². The summed E-state index contributed by atoms with van der Waals surface area (Å²) in [6, 6.07) is 8.38. The van der Waals surface area contributed by atoms with E-state index in [0.717, 1.165) is 19.4 Å². The number of hydrogen-bond donors (Lipinski definition) is 1. The molecule has 1 aliphatic carbocycles. The minimum Gasteiger partial charge on any atom is -0.384 e. The van der Waals surface area contributed by atoms with Crippen molar-refractivity contribution in [1.82, 2.24) is 0 Å². The Kier molecular flexibility index (Phi) is 3.35. The lowest BCUT2D eigenvalue weighted by atomic mass is 9.91. The smallest absolute Gasteiger partial charge is 0.133 e. The minimum atomic E-state index is 0.398. The van der Waals surface area contributed by atoms with Gasteiger partial charge in [-0.3, -0.25) is 4.79 Å². The lowest BCUT2D eigenvalue weighted by molar-refractivity contribution is -0.120. The molecule has 1 unspecified atom stereocenters. The van der Waals surface area contributed by atoms with Crippen LogP contribution in [0.15, 0.2) is 24.3 Å². The fourth-order valence-electron chi connectivity index (χ4n) is 3.43. The van der Waals surface area contributed by atoms with E-state index in [1.54, 1.807) is 0 Å². The van der Waals surface area contributed by atoms with E-state index >= 15 is 0 Å². The number of fused-ring (bicyclic) bond motifs is 1. The molecule has 0 spiro atoms. The van der Waals surface area contributed by atoms with Crippen molar-refractivity contribution in [2.24, 2.45) is 5.92 Å². The fraction of sp³-hybridized carbons (Fsp3) is 0.562. The Morgan fingerprint density at radius 1 is 1.17 bits per heavy atom. The molecule has 1 heterocycles. The second kappa shape index (κ2) is 5.13. The molecule has 1 aromatic rings. The zero-order valence-corrected chi connectivity index (χ0v) is 10.8. The van der Waals surface area contributed by atoms with Crippen molar-refractivity contribution >= 4 is 11.5 Å². The highest BCUT2D eigenvalue weighted by molar-refractivity contribution is 5.80. The number of nitrogens with one attached hydrogen (secondary N) is 1. The molecule has 1 aromatic carbocycles. The van der Waals surface area contributed by atoms with Gasteiger partial charge in [0.15, 0.2) is 0 Å². The van der Waals surface area contributed by atoms with Gasteiger partial charge in [-0.05, 0) is 17.5 Å². The summed E-state index contributed by atoms with van der Waals surface area (Å²) in [6.45, 7) is 0.926. The van der Waals surface area contributed by atoms with E-state index in [9.17, 15) is 4.79 Å². The zero-order valence-electron chi connectivity index (χ0n) is 10.8. The second-order valence-corrected chi connectivity index (χ2v) is 5.76. The number of carbonyl (C=O) groups is 1. The Morgan fingerprint density at radius 3 is 2.78 bits per heavy atom. The first-order chi connectivity index (χ1) is 8.83. The summed E-state index contributed by atoms with van der Waals surface area (Å²) >= 11 is 0. The predicted octanol–water partition coefficient (Wildman–Crippen LogP) is 3.74. The predicted molar refractivity (Wildman–Crippen MR) is 73.9 cm³/mol. The summed E-state index contributed by atoms with van der Waals surface area (Å²) in [4.78, 5) is 12.1. The van der Waals surface area contributed by atoms with E-state index in [-0.39, 0.29) is 0 Å². The van der Waals surface area contributed by atoms with Crippen LogP contribution in [0.25, 0.3) is 0 Å². The van der Waals surface area contributed by atoms with Crippen LogP contribution in [-0.2, 0) is 4.79 Å². The van der Waals surface area contributed by atoms with Crippen molar-refractivity contribution in [2.45, 2.75) is 44.4 Å². The highest BCUT2D eigenvalue weighted by Gasteiger charge is 2.25. The number of ketones is 1. The molecule has 1 fully saturated rings. The molecule has 0 aromatic heterocycles. The Morgan fingerprint density at radius 2 is 1.94 bits per heavy atom. The normalized spacial score (nSPS) is 22.8. The van der Waals surface area contributed by atoms with Crippen LogP contribution in [0.5, 0.6) is 0 Å². The number of rotatable bonds is 4. The molecule has 1 atom stereocenters. The highest BCUT2D eigenvalue weighted by Crippen LogP contribution is 2.35. The topological polar surface area (TPSA) is 29.1 Å². The molecule has 2 nitrogen and oxygen atoms in total. The van der Waals surface area contributed by atoms with Crippen molar-refractivity contribution in [3.63, 3.8) is 0 Å². The molecule has 2 aliphatic rings. The van der Waals surface area contributed by atoms with Crippen molar-refractivity contribution in [1.29, 1.82) is 0 Å². The van der Waals surface area contributed by atoms with Gasteiger partial charge in [0, 0.05) is 31.0 Å². The van der Waals surface area contributed by atoms with Crippen LogP contribution >= 0.6 is 0 Å². The first-order valence-electron chi connectivity index (χ1n) is 7.17. The molecule has 96 valence electrons. The van der Waals surface area contributed by atoms with E-state index in [1.165, 1.54) is 36.9 Å². The maximum atomic E-state index is 12.1. The lowest BCUT2D eigenvalue weighted by Crippen LogP contribution is -2.12. The summed E-state index contributed by atoms with van der Waals surface area (Å²) in [7, 11) is 0. The van der Waals surface area contributed by atoms with Crippen LogP contribution in [0.2, 0.25) is 0 Å². The number of hydrogen-bond acceptors (Lipinski definition) is 2. The largest absolute Gasteiger partial charge is 0.384 e. The number of benzene rings is 1. The molecule has 1 aliphatic heterocycles. The summed E-state index contributed by atoms with van der Waals surface area (Å²) in [5, 5.41) is 3.40. The molecule has 0 saturated heterocycles. The SMILES string of the molecule is O=C(CC1CCCC1)CC1CNc2ccccc21. The van der Waals surface area contributed by atoms with Gasteiger partial charge in [0.25, 0.3) is 0 Å². The average Bonchev–Trinajstić information content (AvgIpc) is 3.00. The molecule has 0 amide bonds. The number of carbonyl (C=O) groups excluding carboxylic acids is 1. The van der Waals surface area contributed by atoms with Crippen LogP contribution in [0.1, 0.15) is 50.0 Å². The monoisotopic (exact) mass is 243 g/mol. The molecule has 18 heavy (non-hydrogen) atoms. The van der Waals surface area contributed by atoms with Crippen LogP contribution in [0.4, 0.5) is 5.69 Å². The third kappa shape index (κ3) is 2.43. The maximum Gasteiger partial charge on any atom is 0.133 e. The van der Waals surface area contributed by atoms with Crippen molar-refractivity contribution in [3.05, 3.63) is 29.8 Å². The van der Waals surface area contributed by atoms with Gasteiger partial charge >= 0.3 is 0 Å². The Hall–Kier alpha value is -1.31. The van der Waals surface area contributed by atoms with E-state index in [1.807, 2.05) is 0 Å². The molecule has 0 bridgehead atoms. The van der Waals surface area contributed by atoms with Gasteiger partial charge in [-0.15, -0.1) is 0 Å². The number of anilines is 1. The van der Waals surface area contributed by atoms with E-state index in [0.29, 0.717) is 17.6 Å². The van der Waals surface area contributed by atoms with E-state index in [2.05, 4.69) is 29.6 Å². The first-order valence-corrected chi connectivity index (χ1v) is 7.17. The third-order valence-corrected chi connectivity index (χ3v) is 4.40. The van der Waals surface area contributed by atoms with Crippen molar-refractivity contribution < 1.29 is 4.79 Å². The number of para-hydroxylation sites is 1. The van der Waals surface area contributed by atoms with Gasteiger partial charge < -0.3 is 5.32 Å². The molecule has 1 N–H and O–H groups in total. The van der Waals surface area contributed by atoms with E-state index < -0.39 is 0 Å². The Bertz CT molecular complexity index is 434. The Balaban J connectivity index is 1.58. The zero-order chi connectivity index (χ0) is 12.4. The maximum absolute atomic E-state index is 12.1. The molecule has 3 rings (SSSR count). The summed E-state index contributed by atoms with van der Waals surface area (Å²) in [5.41, 5.74) is 2.55. The minimum absolute atomic E-state index is 0.398. The summed E-state index contributed by atoms with van der Waals surface area (Å²) in [6.07, 6.45) is 6.73. The van der Waals surface area contributed by atoms with Crippen LogP contribution in [0.3, 0.4) is 0 Å². The van der Waals surface area contributed by atoms with Crippen molar-refractivity contribution in [2.75, 3.05) is 11.9 Å². The van der Waals surface area contributed by atoms with Crippen LogP contribution in [-0.4, -0.2) is 12.3 Å². The molecule has 1 saturated carbocycles. The van der Waals surface area contributed by atoms with Gasteiger partial charge in [0.05, 0.1) is 0 Å². The van der Waals surface area contributed by atoms with Crippen LogP contribution in [0, 0.1) is 5.92 Å². The first kappa shape index (κ1) is 11.8.